The minimum atomic E-state index is -4.44. The van der Waals surface area contributed by atoms with Gasteiger partial charge in [-0.05, 0) is 24.3 Å². The summed E-state index contributed by atoms with van der Waals surface area (Å²) >= 11 is 0. The Hall–Kier alpha value is -4.68. The summed E-state index contributed by atoms with van der Waals surface area (Å²) < 4.78 is 40.0. The van der Waals surface area contributed by atoms with Crippen LogP contribution in [0.1, 0.15) is 26.4 Å². The highest BCUT2D eigenvalue weighted by Gasteiger charge is 2.30. The molecule has 0 unspecified atom stereocenters. The van der Waals surface area contributed by atoms with Gasteiger partial charge in [-0.1, -0.05) is 22.5 Å². The Morgan fingerprint density at radius 2 is 1.73 bits per heavy atom. The first-order valence-electron chi connectivity index (χ1n) is 9.19. The lowest BCUT2D eigenvalue weighted by atomic mass is 10.1. The van der Waals surface area contributed by atoms with Crippen molar-refractivity contribution in [3.8, 4) is 11.3 Å². The van der Waals surface area contributed by atoms with E-state index in [4.69, 9.17) is 5.84 Å². The van der Waals surface area contributed by atoms with E-state index in [-0.39, 0.29) is 17.1 Å². The Morgan fingerprint density at radius 1 is 0.970 bits per heavy atom. The van der Waals surface area contributed by atoms with Gasteiger partial charge in [-0.3, -0.25) is 14.0 Å². The number of anilines is 1. The molecule has 0 saturated heterocycles. The number of rotatable bonds is 4. The van der Waals surface area contributed by atoms with Crippen LogP contribution < -0.4 is 11.2 Å². The van der Waals surface area contributed by atoms with Crippen LogP contribution in [0.15, 0.2) is 71.5 Å². The first-order valence-corrected chi connectivity index (χ1v) is 9.19. The molecule has 166 valence electrons. The molecule has 3 aromatic heterocycles. The van der Waals surface area contributed by atoms with Gasteiger partial charge in [0.1, 0.15) is 11.5 Å². The summed E-state index contributed by atoms with van der Waals surface area (Å²) in [6, 6.07) is 7.36. The molecule has 13 heteroatoms. The highest BCUT2D eigenvalue weighted by Crippen LogP contribution is 2.31. The molecule has 4 aromatic rings. The van der Waals surface area contributed by atoms with Crippen LogP contribution in [0, 0.1) is 0 Å². The van der Waals surface area contributed by atoms with Crippen molar-refractivity contribution in [1.82, 2.24) is 19.4 Å². The molecule has 0 atom stereocenters. The van der Waals surface area contributed by atoms with Gasteiger partial charge in [-0.25, -0.2) is 15.0 Å². The number of halogens is 3. The van der Waals surface area contributed by atoms with Gasteiger partial charge < -0.3 is 11.2 Å². The van der Waals surface area contributed by atoms with E-state index >= 15 is 0 Å². The van der Waals surface area contributed by atoms with E-state index in [0.717, 1.165) is 12.1 Å². The second-order valence-electron chi connectivity index (χ2n) is 6.63. The zero-order chi connectivity index (χ0) is 23.6. The molecule has 0 aliphatic rings. The van der Waals surface area contributed by atoms with Crippen molar-refractivity contribution in [3.05, 3.63) is 78.0 Å². The van der Waals surface area contributed by atoms with Gasteiger partial charge in [0.15, 0.2) is 5.65 Å². The smallest absolute Gasteiger partial charge is 0.305 e. The number of benzene rings is 1. The molecule has 4 rings (SSSR count). The minimum absolute atomic E-state index is 0.00699. The molecule has 3 N–H and O–H groups in total. The van der Waals surface area contributed by atoms with Crippen molar-refractivity contribution in [3.63, 3.8) is 0 Å². The Labute approximate surface area is 183 Å². The van der Waals surface area contributed by atoms with E-state index in [2.05, 4.69) is 30.6 Å². The van der Waals surface area contributed by atoms with Gasteiger partial charge in [0.2, 0.25) is 0 Å². The number of carbonyl (C=O) groups is 2. The summed E-state index contributed by atoms with van der Waals surface area (Å²) in [6.45, 7) is 0. The Bertz CT molecular complexity index is 1360. The van der Waals surface area contributed by atoms with Gasteiger partial charge in [0, 0.05) is 18.0 Å². The lowest BCUT2D eigenvalue weighted by Gasteiger charge is -2.08. The van der Waals surface area contributed by atoms with Crippen LogP contribution in [0.3, 0.4) is 0 Å². The molecule has 0 aliphatic heterocycles. The van der Waals surface area contributed by atoms with Crippen LogP contribution in [0.4, 0.5) is 19.0 Å². The molecule has 3 heterocycles. The number of amides is 2. The normalized spacial score (nSPS) is 11.7. The second kappa shape index (κ2) is 8.45. The van der Waals surface area contributed by atoms with Gasteiger partial charge in [0.05, 0.1) is 29.2 Å². The van der Waals surface area contributed by atoms with Gasteiger partial charge in [-0.2, -0.15) is 13.2 Å². The van der Waals surface area contributed by atoms with Crippen molar-refractivity contribution in [2.24, 2.45) is 16.2 Å². The molecule has 0 radical (unpaired) electrons. The third-order valence-corrected chi connectivity index (χ3v) is 4.54. The van der Waals surface area contributed by atoms with Crippen molar-refractivity contribution in [1.29, 1.82) is 0 Å². The number of carbonyl (C=O) groups excluding carboxylic acids is 2. The quantitative estimate of drug-likeness (QED) is 0.275. The number of alkyl halides is 3. The zero-order valence-electron chi connectivity index (χ0n) is 16.5. The average molecular weight is 454 g/mol. The van der Waals surface area contributed by atoms with E-state index in [9.17, 15) is 22.8 Å². The maximum absolute atomic E-state index is 12.8. The average Bonchev–Trinajstić information content (AvgIpc) is 3.22. The Morgan fingerprint density at radius 3 is 2.36 bits per heavy atom. The summed E-state index contributed by atoms with van der Waals surface area (Å²) in [6.07, 6.45) is 0.986. The standard InChI is InChI=1S/C20H13F3N8O2/c21-20(22,23)13-4-1-11(2-5-13)15-8-27-17-9-25-14(10-31(15)17)19(33)28-16-6-3-12(7-26-16)18(32)29-30-24/h1-10H,(H2,24,29,32)(H,26,28,33). The number of hydrogen-bond donors (Lipinski definition) is 2. The predicted molar refractivity (Wildman–Crippen MR) is 109 cm³/mol. The maximum Gasteiger partial charge on any atom is 0.416 e. The number of nitrogens with two attached hydrogens (primary N) is 1. The molecule has 33 heavy (non-hydrogen) atoms. The zero-order valence-corrected chi connectivity index (χ0v) is 16.5. The molecule has 1 aromatic carbocycles. The molecule has 0 aliphatic carbocycles. The predicted octanol–water partition coefficient (Wildman–Crippen LogP) is 3.53. The van der Waals surface area contributed by atoms with E-state index in [1.54, 1.807) is 0 Å². The molecule has 0 bridgehead atoms. The Balaban J connectivity index is 1.58. The van der Waals surface area contributed by atoms with Crippen molar-refractivity contribution in [2.45, 2.75) is 6.18 Å². The van der Waals surface area contributed by atoms with Gasteiger partial charge in [-0.15, -0.1) is 0 Å². The fourth-order valence-electron chi connectivity index (χ4n) is 2.93. The van der Waals surface area contributed by atoms with Gasteiger partial charge >= 0.3 is 6.18 Å². The monoisotopic (exact) mass is 454 g/mol. The maximum atomic E-state index is 12.8. The summed E-state index contributed by atoms with van der Waals surface area (Å²) in [5, 5.41) is 8.60. The largest absolute Gasteiger partial charge is 0.416 e. The number of pyridine rings is 1. The second-order valence-corrected chi connectivity index (χ2v) is 6.63. The number of nitrogens with zero attached hydrogens (tertiary/aromatic N) is 6. The third kappa shape index (κ3) is 4.51. The highest BCUT2D eigenvalue weighted by atomic mass is 19.4. The minimum Gasteiger partial charge on any atom is -0.305 e. The van der Waals surface area contributed by atoms with Crippen LogP contribution in [-0.4, -0.2) is 31.2 Å². The molecular weight excluding hydrogens is 441 g/mol. The number of fused-ring (bicyclic) bond motifs is 1. The first kappa shape index (κ1) is 21.5. The van der Waals surface area contributed by atoms with E-state index in [0.29, 0.717) is 16.9 Å². The number of aromatic nitrogens is 4. The van der Waals surface area contributed by atoms with E-state index in [1.165, 1.54) is 53.5 Å². The summed E-state index contributed by atoms with van der Waals surface area (Å²) in [7, 11) is 0. The van der Waals surface area contributed by atoms with Crippen molar-refractivity contribution in [2.75, 3.05) is 5.32 Å². The van der Waals surface area contributed by atoms with Crippen molar-refractivity contribution < 1.29 is 22.8 Å². The lowest BCUT2D eigenvalue weighted by molar-refractivity contribution is -0.137. The van der Waals surface area contributed by atoms with Gasteiger partial charge in [0.25, 0.3) is 11.8 Å². The number of nitrogens with one attached hydrogen (secondary N) is 1. The summed E-state index contributed by atoms with van der Waals surface area (Å²) in [4.78, 5) is 36.4. The first-order chi connectivity index (χ1) is 15.8. The van der Waals surface area contributed by atoms with Crippen LogP contribution in [-0.2, 0) is 6.18 Å². The topological polar surface area (TPSA) is 140 Å². The molecule has 10 nitrogen and oxygen atoms in total. The highest BCUT2D eigenvalue weighted by molar-refractivity contribution is 6.02. The van der Waals surface area contributed by atoms with Crippen LogP contribution >= 0.6 is 0 Å². The van der Waals surface area contributed by atoms with Crippen LogP contribution in [0.2, 0.25) is 0 Å². The van der Waals surface area contributed by atoms with Crippen LogP contribution in [0.5, 0.6) is 0 Å². The summed E-state index contributed by atoms with van der Waals surface area (Å²) in [5.74, 6) is 3.69. The van der Waals surface area contributed by atoms with Crippen LogP contribution in [0.25, 0.3) is 16.9 Å². The molecule has 0 spiro atoms. The lowest BCUT2D eigenvalue weighted by Crippen LogP contribution is -2.15. The fourth-order valence-corrected chi connectivity index (χ4v) is 2.93. The summed E-state index contributed by atoms with van der Waals surface area (Å²) in [5.41, 5.74) is 0.716. The Kier molecular flexibility index (Phi) is 5.52. The molecule has 0 saturated carbocycles. The number of imidazole rings is 1. The third-order valence-electron chi connectivity index (χ3n) is 4.54. The SMILES string of the molecule is NN=NC(=O)c1ccc(NC(=O)c2cn3c(-c4ccc(C(F)(F)F)cc4)cnc3cn2)nc1. The molecular formula is C20H13F3N8O2. The van der Waals surface area contributed by atoms with E-state index in [1.807, 2.05) is 0 Å². The van der Waals surface area contributed by atoms with Crippen molar-refractivity contribution >= 4 is 23.3 Å². The molecule has 0 fully saturated rings. The molecule has 2 amide bonds. The fraction of sp³-hybridized carbons (Fsp3) is 0.0500. The number of hydrogen-bond acceptors (Lipinski definition) is 6. The van der Waals surface area contributed by atoms with E-state index < -0.39 is 23.6 Å².